The van der Waals surface area contributed by atoms with E-state index >= 15 is 0 Å². The van der Waals surface area contributed by atoms with E-state index < -0.39 is 29.6 Å². The molecular weight excluding hydrogens is 568 g/mol. The first-order valence-electron chi connectivity index (χ1n) is 15.0. The number of benzene rings is 3. The molecule has 0 spiro atoms. The number of nitrogens with zero attached hydrogens (tertiary/aromatic N) is 3. The predicted molar refractivity (Wildman–Crippen MR) is 173 cm³/mol. The highest BCUT2D eigenvalue weighted by Crippen LogP contribution is 2.34. The molecule has 1 saturated heterocycles. The van der Waals surface area contributed by atoms with Crippen LogP contribution in [0.1, 0.15) is 45.2 Å². The Morgan fingerprint density at radius 1 is 1.00 bits per heavy atom. The minimum atomic E-state index is -1.20. The van der Waals surface area contributed by atoms with Crippen molar-refractivity contribution in [2.45, 2.75) is 51.2 Å². The van der Waals surface area contributed by atoms with Crippen LogP contribution in [0.15, 0.2) is 91.4 Å². The molecule has 2 aromatic heterocycles. The number of carboxylic acid groups (broad SMARTS) is 1. The number of hydrogen-bond donors (Lipinski definition) is 4. The predicted octanol–water partition coefficient (Wildman–Crippen LogP) is 6.67. The van der Waals surface area contributed by atoms with E-state index in [0.717, 1.165) is 33.4 Å². The topological polar surface area (TPSA) is 134 Å². The van der Waals surface area contributed by atoms with Gasteiger partial charge in [-0.3, -0.25) is 14.5 Å². The van der Waals surface area contributed by atoms with E-state index in [0.29, 0.717) is 30.6 Å². The second kappa shape index (κ2) is 12.0. The van der Waals surface area contributed by atoms with E-state index in [4.69, 9.17) is 0 Å². The summed E-state index contributed by atoms with van der Waals surface area (Å²) in [6, 6.07) is 22.9. The molecule has 6 rings (SSSR count). The number of aromatic nitrogens is 3. The summed E-state index contributed by atoms with van der Waals surface area (Å²) in [7, 11) is 0. The molecule has 3 heterocycles. The van der Waals surface area contributed by atoms with E-state index in [1.165, 1.54) is 9.80 Å². The third kappa shape index (κ3) is 6.04. The lowest BCUT2D eigenvalue weighted by Gasteiger charge is -2.41. The Morgan fingerprint density at radius 2 is 1.73 bits per heavy atom. The van der Waals surface area contributed by atoms with Gasteiger partial charge in [0.25, 0.3) is 5.91 Å². The zero-order valence-corrected chi connectivity index (χ0v) is 25.4. The van der Waals surface area contributed by atoms with Crippen LogP contribution in [-0.2, 0) is 9.59 Å². The van der Waals surface area contributed by atoms with Crippen LogP contribution >= 0.6 is 0 Å². The lowest BCUT2D eigenvalue weighted by atomic mass is 9.97. The average molecular weight is 605 g/mol. The number of fused-ring (bicyclic) bond motifs is 1. The Balaban J connectivity index is 1.21. The fourth-order valence-electron chi connectivity index (χ4n) is 6.11. The quantitative estimate of drug-likeness (QED) is 0.165. The van der Waals surface area contributed by atoms with E-state index in [-0.39, 0.29) is 5.91 Å². The van der Waals surface area contributed by atoms with Crippen LogP contribution in [0.3, 0.4) is 0 Å². The highest BCUT2D eigenvalue weighted by Gasteiger charge is 2.44. The Bertz CT molecular complexity index is 1820. The van der Waals surface area contributed by atoms with Crippen molar-refractivity contribution in [2.75, 3.05) is 11.9 Å². The molecule has 5 aromatic rings. The number of likely N-dealkylation sites (tertiary alicyclic amines) is 1. The van der Waals surface area contributed by atoms with E-state index in [2.05, 4.69) is 20.3 Å². The Labute approximate surface area is 261 Å². The largest absolute Gasteiger partial charge is 0.465 e. The second-order valence-electron chi connectivity index (χ2n) is 12.3. The molecule has 0 radical (unpaired) electrons. The van der Waals surface area contributed by atoms with Gasteiger partial charge in [-0.05, 0) is 69.0 Å². The van der Waals surface area contributed by atoms with Gasteiger partial charge in [0.15, 0.2) is 0 Å². The summed E-state index contributed by atoms with van der Waals surface area (Å²) in [4.78, 5) is 53.7. The summed E-state index contributed by atoms with van der Waals surface area (Å²) in [6.07, 6.45) is 3.45. The van der Waals surface area contributed by atoms with E-state index in [9.17, 15) is 19.5 Å². The van der Waals surface area contributed by atoms with Gasteiger partial charge >= 0.3 is 6.09 Å². The van der Waals surface area contributed by atoms with Gasteiger partial charge < -0.3 is 25.3 Å². The number of nitrogens with one attached hydrogen (secondary N) is 3. The smallest absolute Gasteiger partial charge is 0.408 e. The van der Waals surface area contributed by atoms with Crippen molar-refractivity contribution < 1.29 is 19.5 Å². The zero-order valence-electron chi connectivity index (χ0n) is 25.4. The molecule has 10 nitrogen and oxygen atoms in total. The van der Waals surface area contributed by atoms with Crippen molar-refractivity contribution in [3.05, 3.63) is 97.0 Å². The maximum atomic E-state index is 14.1. The summed E-state index contributed by atoms with van der Waals surface area (Å²) < 4.78 is 0. The lowest BCUT2D eigenvalue weighted by molar-refractivity contribution is -0.142. The first-order valence-corrected chi connectivity index (χ1v) is 15.0. The second-order valence-corrected chi connectivity index (χ2v) is 12.3. The lowest BCUT2D eigenvalue weighted by Crippen LogP contribution is -2.54. The van der Waals surface area contributed by atoms with Crippen LogP contribution in [0.2, 0.25) is 0 Å². The number of rotatable bonds is 7. The monoisotopic (exact) mass is 604 g/mol. The number of imidazole rings is 1. The summed E-state index contributed by atoms with van der Waals surface area (Å²) in [5.41, 5.74) is 5.13. The normalized spacial score (nSPS) is 15.6. The number of anilines is 1. The minimum absolute atomic E-state index is 0.297. The van der Waals surface area contributed by atoms with Gasteiger partial charge in [0.1, 0.15) is 12.1 Å². The van der Waals surface area contributed by atoms with Crippen LogP contribution in [-0.4, -0.2) is 65.9 Å². The number of amides is 3. The Kier molecular flexibility index (Phi) is 7.88. The van der Waals surface area contributed by atoms with Crippen LogP contribution in [0.25, 0.3) is 33.4 Å². The number of aromatic amines is 2. The summed E-state index contributed by atoms with van der Waals surface area (Å²) in [5, 5.41) is 14.1. The zero-order chi connectivity index (χ0) is 31.7. The maximum Gasteiger partial charge on any atom is 0.408 e. The fraction of sp³-hybridized carbons (Fsp3) is 0.257. The molecule has 3 amide bonds. The van der Waals surface area contributed by atoms with E-state index in [1.54, 1.807) is 51.4 Å². The molecule has 1 aliphatic heterocycles. The number of carbonyl (C=O) groups excluding carboxylic acids is 2. The van der Waals surface area contributed by atoms with Crippen molar-refractivity contribution in [1.82, 2.24) is 24.8 Å². The molecule has 10 heteroatoms. The number of hydrogen-bond acceptors (Lipinski definition) is 4. The Hall–Kier alpha value is -5.38. The molecule has 2 atom stereocenters. The van der Waals surface area contributed by atoms with Gasteiger partial charge in [-0.15, -0.1) is 0 Å². The molecule has 0 aliphatic carbocycles. The fourth-order valence-corrected chi connectivity index (χ4v) is 6.11. The average Bonchev–Trinajstić information content (AvgIpc) is 3.80. The highest BCUT2D eigenvalue weighted by atomic mass is 16.4. The van der Waals surface area contributed by atoms with Crippen molar-refractivity contribution in [2.24, 2.45) is 0 Å². The number of carbonyl (C=O) groups is 3. The highest BCUT2D eigenvalue weighted by molar-refractivity contribution is 6.00. The summed E-state index contributed by atoms with van der Waals surface area (Å²) >= 11 is 0. The maximum absolute atomic E-state index is 14.1. The minimum Gasteiger partial charge on any atom is -0.465 e. The van der Waals surface area contributed by atoms with Crippen molar-refractivity contribution in [3.8, 4) is 22.5 Å². The van der Waals surface area contributed by atoms with Crippen molar-refractivity contribution >= 4 is 34.5 Å². The molecular formula is C35H36N6O4. The van der Waals surface area contributed by atoms with Gasteiger partial charge in [-0.1, -0.05) is 54.6 Å². The van der Waals surface area contributed by atoms with Gasteiger partial charge in [0.05, 0.1) is 12.0 Å². The van der Waals surface area contributed by atoms with Gasteiger partial charge in [0, 0.05) is 46.1 Å². The molecule has 0 bridgehead atoms. The first kappa shape index (κ1) is 29.7. The summed E-state index contributed by atoms with van der Waals surface area (Å²) in [5.74, 6) is -0.699. The van der Waals surface area contributed by atoms with Crippen LogP contribution < -0.4 is 5.32 Å². The number of H-pyrrole nitrogens is 2. The van der Waals surface area contributed by atoms with Gasteiger partial charge in [0.2, 0.25) is 5.91 Å². The van der Waals surface area contributed by atoms with E-state index in [1.807, 2.05) is 60.8 Å². The third-order valence-electron chi connectivity index (χ3n) is 8.25. The standard InChI is InChI=1S/C35H36N6O4/c1-35(2,3)41(34(44)45)31(24-8-5-4-6-9-24)33(43)40-17-7-10-30(40)32(42)38-26-15-16-27-25(18-26)19-28(39-27)22-11-13-23(14-12-22)29-20-36-21-37-29/h4-6,8-9,11-16,18-21,30-31,39H,7,10,17H2,1-3H3,(H,36,37)(H,38,42)(H,44,45)/t30-,31+/m0/s1. The molecule has 0 unspecified atom stereocenters. The molecule has 230 valence electrons. The van der Waals surface area contributed by atoms with Crippen LogP contribution in [0.5, 0.6) is 0 Å². The summed E-state index contributed by atoms with van der Waals surface area (Å²) in [6.45, 7) is 5.66. The SMILES string of the molecule is CC(C)(C)N(C(=O)O)[C@@H](C(=O)N1CCC[C@H]1C(=O)Nc1ccc2[nH]c(-c3ccc(-c4c[nH]cn4)cc3)cc2c1)c1ccccc1. The van der Waals surface area contributed by atoms with Crippen molar-refractivity contribution in [1.29, 1.82) is 0 Å². The van der Waals surface area contributed by atoms with Crippen LogP contribution in [0.4, 0.5) is 10.5 Å². The third-order valence-corrected chi connectivity index (χ3v) is 8.25. The first-order chi connectivity index (χ1) is 21.6. The van der Waals surface area contributed by atoms with Gasteiger partial charge in [-0.2, -0.15) is 0 Å². The molecule has 3 aromatic carbocycles. The van der Waals surface area contributed by atoms with Gasteiger partial charge in [-0.25, -0.2) is 9.78 Å². The Morgan fingerprint density at radius 3 is 2.40 bits per heavy atom. The van der Waals surface area contributed by atoms with Crippen LogP contribution in [0, 0.1) is 0 Å². The molecule has 4 N–H and O–H groups in total. The van der Waals surface area contributed by atoms with Crippen molar-refractivity contribution in [3.63, 3.8) is 0 Å². The molecule has 45 heavy (non-hydrogen) atoms. The molecule has 1 aliphatic rings. The molecule has 0 saturated carbocycles. The molecule has 1 fully saturated rings.